The maximum atomic E-state index is 2.38. The predicted octanol–water partition coefficient (Wildman–Crippen LogP) is 1.44. The molecule has 0 aromatic heterocycles. The molecule has 0 saturated carbocycles. The van der Waals surface area contributed by atoms with E-state index in [-0.39, 0.29) is 0 Å². The third-order valence-electron chi connectivity index (χ3n) is 1.53. The summed E-state index contributed by atoms with van der Waals surface area (Å²) in [5, 5.41) is 2.16. The van der Waals surface area contributed by atoms with Crippen LogP contribution in [0.4, 0.5) is 0 Å². The lowest BCUT2D eigenvalue weighted by atomic mass is 10.1. The van der Waals surface area contributed by atoms with Crippen LogP contribution in [0.25, 0.3) is 0 Å². The Hall–Kier alpha value is 0.755. The molecule has 0 N–H and O–H groups in total. The number of rotatable bonds is 1. The highest BCUT2D eigenvalue weighted by Crippen LogP contribution is 2.07. The first-order chi connectivity index (χ1) is 3.93. The molecule has 1 rings (SSSR count). The second kappa shape index (κ2) is 3.72. The maximum absolute atomic E-state index is 2.38. The lowest BCUT2D eigenvalue weighted by Crippen LogP contribution is -2.30. The minimum atomic E-state index is 1.28. The second-order valence-electron chi connectivity index (χ2n) is 2.19. The topological polar surface area (TPSA) is 3.24 Å². The molecule has 1 fully saturated rings. The van der Waals surface area contributed by atoms with Crippen LogP contribution in [0, 0.1) is 0 Å². The quantitative estimate of drug-likeness (QED) is 0.479. The summed E-state index contributed by atoms with van der Waals surface area (Å²) in [7, 11) is 0. The molecule has 45 valence electrons. The average molecular weight is 222 g/mol. The first-order valence-electron chi connectivity index (χ1n) is 3.11. The SMILES string of the molecule is I[B]N1CCCCC1. The molecule has 0 bridgehead atoms. The molecule has 1 saturated heterocycles. The molecule has 0 spiro atoms. The van der Waals surface area contributed by atoms with Gasteiger partial charge in [-0.2, -0.15) is 0 Å². The largest absolute Gasteiger partial charge is 0.337 e. The normalized spacial score (nSPS) is 23.1. The van der Waals surface area contributed by atoms with Crippen LogP contribution in [0.5, 0.6) is 0 Å². The highest BCUT2D eigenvalue weighted by molar-refractivity contribution is 14.1. The van der Waals surface area contributed by atoms with Crippen LogP contribution in [-0.4, -0.2) is 23.2 Å². The van der Waals surface area contributed by atoms with Crippen molar-refractivity contribution in [3.63, 3.8) is 0 Å². The summed E-state index contributed by atoms with van der Waals surface area (Å²) in [6, 6.07) is 0. The van der Waals surface area contributed by atoms with Crippen molar-refractivity contribution >= 4 is 27.6 Å². The van der Waals surface area contributed by atoms with E-state index < -0.39 is 0 Å². The molecule has 8 heavy (non-hydrogen) atoms. The van der Waals surface area contributed by atoms with Crippen molar-refractivity contribution in [3.05, 3.63) is 0 Å². The molecule has 1 aliphatic rings. The van der Waals surface area contributed by atoms with Crippen molar-refractivity contribution in [3.8, 4) is 0 Å². The van der Waals surface area contributed by atoms with Gasteiger partial charge < -0.3 is 4.81 Å². The van der Waals surface area contributed by atoms with Gasteiger partial charge in [0.05, 0.1) is 0 Å². The molecule has 0 aromatic carbocycles. The smallest absolute Gasteiger partial charge is 0.295 e. The molecule has 0 unspecified atom stereocenters. The van der Waals surface area contributed by atoms with Crippen molar-refractivity contribution in [2.24, 2.45) is 0 Å². The Morgan fingerprint density at radius 2 is 1.75 bits per heavy atom. The molecule has 1 heterocycles. The predicted molar refractivity (Wildman–Crippen MR) is 45.2 cm³/mol. The Labute approximate surface area is 65.0 Å². The van der Waals surface area contributed by atoms with E-state index in [9.17, 15) is 0 Å². The molecule has 1 radical (unpaired) electrons. The van der Waals surface area contributed by atoms with Crippen molar-refractivity contribution in [1.82, 2.24) is 4.81 Å². The Morgan fingerprint density at radius 3 is 2.12 bits per heavy atom. The molecule has 0 amide bonds. The number of halogens is 1. The minimum absolute atomic E-state index is 1.28. The van der Waals surface area contributed by atoms with Crippen LogP contribution < -0.4 is 0 Å². The van der Waals surface area contributed by atoms with Gasteiger partial charge in [-0.3, -0.25) is 0 Å². The van der Waals surface area contributed by atoms with E-state index in [1.807, 2.05) is 0 Å². The van der Waals surface area contributed by atoms with Crippen LogP contribution in [0.3, 0.4) is 0 Å². The lowest BCUT2D eigenvalue weighted by molar-refractivity contribution is 0.366. The fourth-order valence-corrected chi connectivity index (χ4v) is 1.57. The summed E-state index contributed by atoms with van der Waals surface area (Å²) >= 11 is 2.31. The number of hydrogen-bond acceptors (Lipinski definition) is 1. The van der Waals surface area contributed by atoms with Gasteiger partial charge in [-0.15, -0.1) is 22.4 Å². The van der Waals surface area contributed by atoms with Gasteiger partial charge in [0.1, 0.15) is 0 Å². The van der Waals surface area contributed by atoms with Crippen molar-refractivity contribution < 1.29 is 0 Å². The van der Waals surface area contributed by atoms with Gasteiger partial charge in [0, 0.05) is 0 Å². The summed E-state index contributed by atoms with van der Waals surface area (Å²) in [6.45, 7) is 2.56. The van der Waals surface area contributed by atoms with Gasteiger partial charge in [0.15, 0.2) is 0 Å². The first kappa shape index (κ1) is 6.87. The number of hydrogen-bond donors (Lipinski definition) is 0. The van der Waals surface area contributed by atoms with Crippen LogP contribution >= 0.6 is 22.4 Å². The highest BCUT2D eigenvalue weighted by Gasteiger charge is 2.07. The standard InChI is InChI=1S/C5H10BIN/c7-6-8-4-2-1-3-5-8/h1-5H2. The van der Waals surface area contributed by atoms with E-state index in [1.54, 1.807) is 0 Å². The molecule has 1 nitrogen and oxygen atoms in total. The Morgan fingerprint density at radius 1 is 1.12 bits per heavy atom. The van der Waals surface area contributed by atoms with E-state index in [4.69, 9.17) is 0 Å². The van der Waals surface area contributed by atoms with Crippen LogP contribution in [0.2, 0.25) is 0 Å². The zero-order valence-electron chi connectivity index (χ0n) is 4.94. The van der Waals surface area contributed by atoms with E-state index in [0.717, 1.165) is 0 Å². The number of piperidine rings is 1. The van der Waals surface area contributed by atoms with Gasteiger partial charge in [-0.1, -0.05) is 6.42 Å². The zero-order chi connectivity index (χ0) is 5.82. The van der Waals surface area contributed by atoms with Gasteiger partial charge in [-0.25, -0.2) is 0 Å². The Balaban J connectivity index is 2.13. The average Bonchev–Trinajstić information content (AvgIpc) is 1.90. The summed E-state index contributed by atoms with van der Waals surface area (Å²) in [6.07, 6.45) is 4.21. The van der Waals surface area contributed by atoms with Gasteiger partial charge in [0.25, 0.3) is 5.27 Å². The first-order valence-corrected chi connectivity index (χ1v) is 4.35. The summed E-state index contributed by atoms with van der Waals surface area (Å²) in [5.41, 5.74) is 0. The summed E-state index contributed by atoms with van der Waals surface area (Å²) in [5.74, 6) is 0. The molecule has 0 atom stereocenters. The van der Waals surface area contributed by atoms with Gasteiger partial charge in [-0.05, 0) is 25.9 Å². The number of nitrogens with zero attached hydrogens (tertiary/aromatic N) is 1. The summed E-state index contributed by atoms with van der Waals surface area (Å²) in [4.78, 5) is 2.38. The van der Waals surface area contributed by atoms with Crippen LogP contribution in [0.15, 0.2) is 0 Å². The Kier molecular flexibility index (Phi) is 3.19. The van der Waals surface area contributed by atoms with Gasteiger partial charge >= 0.3 is 0 Å². The molecular weight excluding hydrogens is 212 g/mol. The molecular formula is C5H10BIN. The Bertz CT molecular complexity index is 63.4. The molecule has 1 aliphatic heterocycles. The third-order valence-corrected chi connectivity index (χ3v) is 2.32. The van der Waals surface area contributed by atoms with Crippen molar-refractivity contribution in [2.75, 3.05) is 13.1 Å². The third kappa shape index (κ3) is 1.93. The summed E-state index contributed by atoms with van der Waals surface area (Å²) < 4.78 is 0. The zero-order valence-corrected chi connectivity index (χ0v) is 7.10. The van der Waals surface area contributed by atoms with Gasteiger partial charge in [0.2, 0.25) is 0 Å². The van der Waals surface area contributed by atoms with Crippen LogP contribution in [0.1, 0.15) is 19.3 Å². The van der Waals surface area contributed by atoms with E-state index in [0.29, 0.717) is 0 Å². The van der Waals surface area contributed by atoms with Crippen molar-refractivity contribution in [1.29, 1.82) is 0 Å². The fourth-order valence-electron chi connectivity index (χ4n) is 1.02. The maximum Gasteiger partial charge on any atom is 0.295 e. The lowest BCUT2D eigenvalue weighted by Gasteiger charge is -2.23. The fraction of sp³-hybridized carbons (Fsp3) is 1.00. The van der Waals surface area contributed by atoms with E-state index in [2.05, 4.69) is 32.5 Å². The molecule has 0 aliphatic carbocycles. The molecule has 0 aromatic rings. The van der Waals surface area contributed by atoms with E-state index in [1.165, 1.54) is 32.4 Å². The minimum Gasteiger partial charge on any atom is -0.337 e. The molecule has 3 heteroatoms. The monoisotopic (exact) mass is 222 g/mol. The van der Waals surface area contributed by atoms with E-state index >= 15 is 0 Å². The van der Waals surface area contributed by atoms with Crippen molar-refractivity contribution in [2.45, 2.75) is 19.3 Å². The van der Waals surface area contributed by atoms with Crippen LogP contribution in [-0.2, 0) is 0 Å². The second-order valence-corrected chi connectivity index (χ2v) is 2.75. The highest BCUT2D eigenvalue weighted by atomic mass is 127.